The molecule has 3 aliphatic rings. The third kappa shape index (κ3) is 2.08. The maximum Gasteiger partial charge on any atom is 0.0476 e. The van der Waals surface area contributed by atoms with Crippen molar-refractivity contribution in [1.82, 2.24) is 10.2 Å². The lowest BCUT2D eigenvalue weighted by atomic mass is 9.99. The van der Waals surface area contributed by atoms with Gasteiger partial charge in [0.15, 0.2) is 0 Å². The lowest BCUT2D eigenvalue weighted by molar-refractivity contribution is 0.114. The molecule has 1 aromatic carbocycles. The van der Waals surface area contributed by atoms with E-state index in [4.69, 9.17) is 0 Å². The minimum absolute atomic E-state index is 0.605. The van der Waals surface area contributed by atoms with Crippen LogP contribution in [0.4, 0.5) is 0 Å². The summed E-state index contributed by atoms with van der Waals surface area (Å²) in [5.41, 5.74) is 1.49. The molecule has 1 saturated heterocycles. The summed E-state index contributed by atoms with van der Waals surface area (Å²) in [6.45, 7) is 2.41. The van der Waals surface area contributed by atoms with E-state index in [9.17, 15) is 0 Å². The van der Waals surface area contributed by atoms with Crippen LogP contribution in [0.5, 0.6) is 0 Å². The molecule has 0 spiro atoms. The summed E-state index contributed by atoms with van der Waals surface area (Å²) in [6.07, 6.45) is 5.74. The van der Waals surface area contributed by atoms with Gasteiger partial charge in [-0.3, -0.25) is 4.90 Å². The monoisotopic (exact) mass is 242 g/mol. The van der Waals surface area contributed by atoms with Gasteiger partial charge in [-0.1, -0.05) is 30.3 Å². The predicted molar refractivity (Wildman–Crippen MR) is 73.4 cm³/mol. The number of piperazine rings is 1. The molecule has 96 valence electrons. The van der Waals surface area contributed by atoms with Crippen LogP contribution in [0.25, 0.3) is 0 Å². The lowest BCUT2D eigenvalue weighted by Gasteiger charge is -2.41. The van der Waals surface area contributed by atoms with Gasteiger partial charge in [0.25, 0.3) is 0 Å². The quantitative estimate of drug-likeness (QED) is 0.876. The fourth-order valence-electron chi connectivity index (χ4n) is 3.41. The van der Waals surface area contributed by atoms with Crippen LogP contribution in [0.1, 0.15) is 37.3 Å². The molecule has 18 heavy (non-hydrogen) atoms. The summed E-state index contributed by atoms with van der Waals surface area (Å²) in [7, 11) is 0. The molecule has 2 nitrogen and oxygen atoms in total. The second kappa shape index (κ2) is 4.36. The second-order valence-electron chi connectivity index (χ2n) is 6.21. The fourth-order valence-corrected chi connectivity index (χ4v) is 3.41. The molecule has 0 aromatic heterocycles. The summed E-state index contributed by atoms with van der Waals surface area (Å²) in [6, 6.07) is 13.3. The van der Waals surface area contributed by atoms with Gasteiger partial charge in [-0.25, -0.2) is 0 Å². The topological polar surface area (TPSA) is 15.3 Å². The van der Waals surface area contributed by atoms with Gasteiger partial charge in [-0.05, 0) is 37.2 Å². The van der Waals surface area contributed by atoms with Gasteiger partial charge in [0, 0.05) is 31.2 Å². The first-order valence-corrected chi connectivity index (χ1v) is 7.46. The summed E-state index contributed by atoms with van der Waals surface area (Å²) in [5.74, 6) is 0.975. The van der Waals surface area contributed by atoms with Crippen LogP contribution >= 0.6 is 0 Å². The molecule has 0 amide bonds. The Balaban J connectivity index is 1.54. The number of hydrogen-bond acceptors (Lipinski definition) is 2. The first-order chi connectivity index (χ1) is 8.92. The van der Waals surface area contributed by atoms with E-state index in [0.29, 0.717) is 6.04 Å². The Hall–Kier alpha value is -0.860. The zero-order valence-electron chi connectivity index (χ0n) is 10.9. The highest BCUT2D eigenvalue weighted by Crippen LogP contribution is 2.40. The average Bonchev–Trinajstić information content (AvgIpc) is 3.32. The first kappa shape index (κ1) is 11.0. The van der Waals surface area contributed by atoms with E-state index in [0.717, 1.165) is 24.5 Å². The van der Waals surface area contributed by atoms with Gasteiger partial charge in [0.05, 0.1) is 0 Å². The van der Waals surface area contributed by atoms with Crippen LogP contribution in [0.2, 0.25) is 0 Å². The molecule has 2 heteroatoms. The number of nitrogens with one attached hydrogen (secondary N) is 1. The summed E-state index contributed by atoms with van der Waals surface area (Å²) < 4.78 is 0. The van der Waals surface area contributed by atoms with Crippen LogP contribution in [-0.2, 0) is 0 Å². The molecule has 4 rings (SSSR count). The van der Waals surface area contributed by atoms with Crippen LogP contribution in [0.15, 0.2) is 30.3 Å². The van der Waals surface area contributed by atoms with E-state index in [1.165, 1.54) is 37.8 Å². The molecular weight excluding hydrogens is 220 g/mol. The van der Waals surface area contributed by atoms with Crippen molar-refractivity contribution in [2.45, 2.75) is 43.8 Å². The van der Waals surface area contributed by atoms with Gasteiger partial charge in [-0.15, -0.1) is 0 Å². The summed E-state index contributed by atoms with van der Waals surface area (Å²) in [5, 5.41) is 3.80. The average molecular weight is 242 g/mol. The molecule has 2 atom stereocenters. The van der Waals surface area contributed by atoms with Crippen molar-refractivity contribution in [3.05, 3.63) is 35.9 Å². The lowest BCUT2D eigenvalue weighted by Crippen LogP contribution is -2.53. The standard InChI is InChI=1S/C16H22N2/c1-2-4-13(5-3-1)16-10-17-15(12-6-7-12)11-18(16)14-8-9-14/h1-5,12,14-17H,6-11H2. The summed E-state index contributed by atoms with van der Waals surface area (Å²) in [4.78, 5) is 2.79. The van der Waals surface area contributed by atoms with E-state index in [1.54, 1.807) is 0 Å². The molecule has 2 aliphatic carbocycles. The van der Waals surface area contributed by atoms with Crippen molar-refractivity contribution in [2.75, 3.05) is 13.1 Å². The Bertz CT molecular complexity index is 408. The molecule has 1 heterocycles. The van der Waals surface area contributed by atoms with Gasteiger partial charge in [-0.2, -0.15) is 0 Å². The Morgan fingerprint density at radius 1 is 1.00 bits per heavy atom. The SMILES string of the molecule is c1ccc(C2CNC(C3CC3)CN2C2CC2)cc1. The van der Waals surface area contributed by atoms with Gasteiger partial charge >= 0.3 is 0 Å². The molecular formula is C16H22N2. The minimum Gasteiger partial charge on any atom is -0.311 e. The molecule has 1 aromatic rings. The van der Waals surface area contributed by atoms with E-state index in [1.807, 2.05) is 0 Å². The minimum atomic E-state index is 0.605. The van der Waals surface area contributed by atoms with Crippen molar-refractivity contribution < 1.29 is 0 Å². The Kier molecular flexibility index (Phi) is 2.66. The van der Waals surface area contributed by atoms with Crippen molar-refractivity contribution in [3.63, 3.8) is 0 Å². The number of nitrogens with zero attached hydrogens (tertiary/aromatic N) is 1. The Labute approximate surface area is 109 Å². The molecule has 0 radical (unpaired) electrons. The van der Waals surface area contributed by atoms with E-state index in [2.05, 4.69) is 40.5 Å². The van der Waals surface area contributed by atoms with E-state index >= 15 is 0 Å². The number of rotatable bonds is 3. The normalized spacial score (nSPS) is 33.6. The van der Waals surface area contributed by atoms with Crippen LogP contribution in [-0.4, -0.2) is 30.1 Å². The highest BCUT2D eigenvalue weighted by atomic mass is 15.3. The third-order valence-electron chi connectivity index (χ3n) is 4.77. The highest BCUT2D eigenvalue weighted by Gasteiger charge is 2.42. The molecule has 0 bridgehead atoms. The number of hydrogen-bond donors (Lipinski definition) is 1. The van der Waals surface area contributed by atoms with Crippen molar-refractivity contribution in [3.8, 4) is 0 Å². The molecule has 3 fully saturated rings. The van der Waals surface area contributed by atoms with Gasteiger partial charge < -0.3 is 5.32 Å². The number of benzene rings is 1. The Morgan fingerprint density at radius 3 is 2.44 bits per heavy atom. The van der Waals surface area contributed by atoms with Crippen molar-refractivity contribution in [1.29, 1.82) is 0 Å². The zero-order valence-corrected chi connectivity index (χ0v) is 10.9. The second-order valence-corrected chi connectivity index (χ2v) is 6.21. The molecule has 2 unspecified atom stereocenters. The molecule has 1 aliphatic heterocycles. The maximum atomic E-state index is 3.80. The third-order valence-corrected chi connectivity index (χ3v) is 4.77. The van der Waals surface area contributed by atoms with Gasteiger partial charge in [0.1, 0.15) is 0 Å². The van der Waals surface area contributed by atoms with Crippen LogP contribution < -0.4 is 5.32 Å². The van der Waals surface area contributed by atoms with E-state index < -0.39 is 0 Å². The highest BCUT2D eigenvalue weighted by molar-refractivity contribution is 5.21. The van der Waals surface area contributed by atoms with Gasteiger partial charge in [0.2, 0.25) is 0 Å². The zero-order chi connectivity index (χ0) is 11.9. The first-order valence-electron chi connectivity index (χ1n) is 7.46. The van der Waals surface area contributed by atoms with Crippen LogP contribution in [0, 0.1) is 5.92 Å². The largest absolute Gasteiger partial charge is 0.311 e. The maximum absolute atomic E-state index is 3.80. The van der Waals surface area contributed by atoms with Crippen molar-refractivity contribution in [2.24, 2.45) is 5.92 Å². The Morgan fingerprint density at radius 2 is 1.78 bits per heavy atom. The smallest absolute Gasteiger partial charge is 0.0476 e. The van der Waals surface area contributed by atoms with E-state index in [-0.39, 0.29) is 0 Å². The summed E-state index contributed by atoms with van der Waals surface area (Å²) >= 11 is 0. The fraction of sp³-hybridized carbons (Fsp3) is 0.625. The predicted octanol–water partition coefficient (Wildman–Crippen LogP) is 2.57. The van der Waals surface area contributed by atoms with Crippen molar-refractivity contribution >= 4 is 0 Å². The molecule has 2 saturated carbocycles. The van der Waals surface area contributed by atoms with Crippen LogP contribution in [0.3, 0.4) is 0 Å². The molecule has 1 N–H and O–H groups in total.